The van der Waals surface area contributed by atoms with Crippen molar-refractivity contribution in [3.63, 3.8) is 0 Å². The van der Waals surface area contributed by atoms with Crippen molar-refractivity contribution < 1.29 is 28.2 Å². The molecule has 5 rings (SSSR count). The van der Waals surface area contributed by atoms with Crippen molar-refractivity contribution in [2.75, 3.05) is 53.6 Å². The van der Waals surface area contributed by atoms with E-state index in [1.54, 1.807) is 49.5 Å². The van der Waals surface area contributed by atoms with Crippen molar-refractivity contribution in [2.24, 2.45) is 0 Å². The summed E-state index contributed by atoms with van der Waals surface area (Å²) in [6.07, 6.45) is 4.54. The predicted octanol–water partition coefficient (Wildman–Crippen LogP) is 2.85. The van der Waals surface area contributed by atoms with Crippen LogP contribution in [0.3, 0.4) is 0 Å². The van der Waals surface area contributed by atoms with Crippen LogP contribution in [0.4, 0.5) is 4.39 Å². The Hall–Kier alpha value is -4.10. The van der Waals surface area contributed by atoms with E-state index in [9.17, 15) is 14.0 Å². The highest BCUT2D eigenvalue weighted by Crippen LogP contribution is 2.31. The number of carbonyl (C=O) groups is 2. The lowest BCUT2D eigenvalue weighted by Crippen LogP contribution is -2.48. The van der Waals surface area contributed by atoms with Gasteiger partial charge in [-0.15, -0.1) is 10.2 Å². The van der Waals surface area contributed by atoms with Gasteiger partial charge in [-0.05, 0) is 60.4 Å². The summed E-state index contributed by atoms with van der Waals surface area (Å²) in [5.41, 5.74) is 1.18. The second-order valence-corrected chi connectivity index (χ2v) is 11.1. The van der Waals surface area contributed by atoms with Gasteiger partial charge in [0.25, 0.3) is 0 Å². The Morgan fingerprint density at radius 1 is 1.07 bits per heavy atom. The molecule has 2 amide bonds. The first-order valence-electron chi connectivity index (χ1n) is 15.1. The fraction of sp³-hybridized carbons (Fsp3) is 0.516. The number of morpholine rings is 1. The van der Waals surface area contributed by atoms with Gasteiger partial charge in [-0.3, -0.25) is 14.5 Å². The first kappa shape index (κ1) is 31.3. The Morgan fingerprint density at radius 2 is 1.80 bits per heavy atom. The molecule has 3 aromatic rings. The summed E-state index contributed by atoms with van der Waals surface area (Å²) in [6, 6.07) is 10.1. The highest BCUT2D eigenvalue weighted by atomic mass is 19.1. The zero-order valence-corrected chi connectivity index (χ0v) is 25.3. The van der Waals surface area contributed by atoms with E-state index in [2.05, 4.69) is 25.6 Å². The average Bonchev–Trinajstić information content (AvgIpc) is 3.74. The number of hydrogen-bond donors (Lipinski definition) is 1. The van der Waals surface area contributed by atoms with Gasteiger partial charge in [-0.2, -0.15) is 4.80 Å². The number of rotatable bonds is 13. The molecule has 0 spiro atoms. The summed E-state index contributed by atoms with van der Waals surface area (Å²) >= 11 is 0. The van der Waals surface area contributed by atoms with E-state index in [1.807, 2.05) is 0 Å². The molecule has 2 fully saturated rings. The van der Waals surface area contributed by atoms with Gasteiger partial charge in [-0.1, -0.05) is 25.0 Å². The van der Waals surface area contributed by atoms with Crippen molar-refractivity contribution in [3.05, 3.63) is 53.8 Å². The molecule has 0 unspecified atom stereocenters. The lowest BCUT2D eigenvalue weighted by atomic mass is 10.0. The number of halogens is 1. The Kier molecular flexibility index (Phi) is 10.7. The zero-order valence-electron chi connectivity index (χ0n) is 25.3. The van der Waals surface area contributed by atoms with Crippen LogP contribution in [0.15, 0.2) is 42.5 Å². The van der Waals surface area contributed by atoms with E-state index in [0.717, 1.165) is 45.3 Å². The number of nitrogens with one attached hydrogen (secondary N) is 1. The molecule has 2 aliphatic rings. The van der Waals surface area contributed by atoms with Crippen LogP contribution in [0.25, 0.3) is 11.4 Å². The monoisotopic (exact) mass is 609 g/mol. The number of hydrogen-bond acceptors (Lipinski definition) is 9. The highest BCUT2D eigenvalue weighted by molar-refractivity contribution is 5.89. The molecule has 0 radical (unpaired) electrons. The van der Waals surface area contributed by atoms with Gasteiger partial charge in [0.1, 0.15) is 18.4 Å². The summed E-state index contributed by atoms with van der Waals surface area (Å²) in [5.74, 6) is 0.351. The fourth-order valence-corrected chi connectivity index (χ4v) is 5.77. The SMILES string of the molecule is COc1ccc(-c2nnn(CC(=O)N(CCCN3CCOCC3)[C@@H](C(=O)NC3CCCC3)c3ccc(F)cc3)n2)cc1OC. The van der Waals surface area contributed by atoms with Gasteiger partial charge < -0.3 is 24.4 Å². The smallest absolute Gasteiger partial charge is 0.247 e. The van der Waals surface area contributed by atoms with E-state index in [0.29, 0.717) is 54.6 Å². The molecule has 12 nitrogen and oxygen atoms in total. The zero-order chi connectivity index (χ0) is 30.9. The maximum absolute atomic E-state index is 14.0. The minimum atomic E-state index is -0.942. The van der Waals surface area contributed by atoms with Crippen molar-refractivity contribution in [2.45, 2.75) is 50.7 Å². The number of aromatic nitrogens is 4. The topological polar surface area (TPSA) is 124 Å². The summed E-state index contributed by atoms with van der Waals surface area (Å²) in [7, 11) is 3.09. The number of nitrogens with zero attached hydrogens (tertiary/aromatic N) is 6. The molecular formula is C31H40FN7O5. The lowest BCUT2D eigenvalue weighted by Gasteiger charge is -2.33. The number of benzene rings is 2. The van der Waals surface area contributed by atoms with Crippen molar-refractivity contribution in [1.82, 2.24) is 35.3 Å². The van der Waals surface area contributed by atoms with Crippen LogP contribution in [0.2, 0.25) is 0 Å². The molecule has 13 heteroatoms. The van der Waals surface area contributed by atoms with Crippen LogP contribution in [-0.4, -0.2) is 101 Å². The second kappa shape index (κ2) is 15.1. The van der Waals surface area contributed by atoms with E-state index in [1.165, 1.54) is 16.9 Å². The van der Waals surface area contributed by atoms with E-state index in [-0.39, 0.29) is 24.4 Å². The molecule has 1 aliphatic heterocycles. The maximum atomic E-state index is 14.0. The lowest BCUT2D eigenvalue weighted by molar-refractivity contribution is -0.142. The van der Waals surface area contributed by atoms with E-state index in [4.69, 9.17) is 14.2 Å². The summed E-state index contributed by atoms with van der Waals surface area (Å²) in [4.78, 5) is 32.9. The summed E-state index contributed by atoms with van der Waals surface area (Å²) < 4.78 is 30.1. The number of amides is 2. The van der Waals surface area contributed by atoms with E-state index < -0.39 is 11.9 Å². The Balaban J connectivity index is 1.39. The molecule has 1 N–H and O–H groups in total. The molecule has 0 bridgehead atoms. The molecular weight excluding hydrogens is 569 g/mol. The molecule has 1 atom stereocenters. The number of methoxy groups -OCH3 is 2. The first-order chi connectivity index (χ1) is 21.4. The van der Waals surface area contributed by atoms with Crippen molar-refractivity contribution >= 4 is 11.8 Å². The van der Waals surface area contributed by atoms with E-state index >= 15 is 0 Å². The molecule has 1 saturated carbocycles. The third-order valence-corrected chi connectivity index (χ3v) is 8.12. The second-order valence-electron chi connectivity index (χ2n) is 11.1. The molecule has 44 heavy (non-hydrogen) atoms. The highest BCUT2D eigenvalue weighted by Gasteiger charge is 2.33. The Bertz CT molecular complexity index is 1390. The van der Waals surface area contributed by atoms with Crippen LogP contribution >= 0.6 is 0 Å². The van der Waals surface area contributed by atoms with Gasteiger partial charge >= 0.3 is 0 Å². The third kappa shape index (κ3) is 7.88. The average molecular weight is 610 g/mol. The Morgan fingerprint density at radius 3 is 2.50 bits per heavy atom. The van der Waals surface area contributed by atoms with Crippen LogP contribution in [0, 0.1) is 5.82 Å². The molecule has 1 aromatic heterocycles. The summed E-state index contributed by atoms with van der Waals surface area (Å²) in [5, 5.41) is 15.9. The Labute approximate surface area is 256 Å². The summed E-state index contributed by atoms with van der Waals surface area (Å²) in [6.45, 7) is 3.81. The molecule has 236 valence electrons. The number of tetrazole rings is 1. The van der Waals surface area contributed by atoms with Gasteiger partial charge in [-0.25, -0.2) is 4.39 Å². The molecule has 2 aromatic carbocycles. The largest absolute Gasteiger partial charge is 0.493 e. The minimum Gasteiger partial charge on any atom is -0.493 e. The van der Waals surface area contributed by atoms with Crippen LogP contribution in [0.5, 0.6) is 11.5 Å². The van der Waals surface area contributed by atoms with Crippen LogP contribution in [0.1, 0.15) is 43.7 Å². The normalized spacial score (nSPS) is 16.4. The van der Waals surface area contributed by atoms with Gasteiger partial charge in [0.15, 0.2) is 11.5 Å². The number of carbonyl (C=O) groups excluding carboxylic acids is 2. The molecule has 1 aliphatic carbocycles. The first-order valence-corrected chi connectivity index (χ1v) is 15.1. The fourth-order valence-electron chi connectivity index (χ4n) is 5.77. The molecule has 2 heterocycles. The van der Waals surface area contributed by atoms with Crippen LogP contribution in [-0.2, 0) is 20.9 Å². The predicted molar refractivity (Wildman–Crippen MR) is 159 cm³/mol. The molecule has 1 saturated heterocycles. The van der Waals surface area contributed by atoms with Gasteiger partial charge in [0.05, 0.1) is 27.4 Å². The maximum Gasteiger partial charge on any atom is 0.247 e. The quantitative estimate of drug-likeness (QED) is 0.312. The van der Waals surface area contributed by atoms with Gasteiger partial charge in [0.2, 0.25) is 17.6 Å². The third-order valence-electron chi connectivity index (χ3n) is 8.12. The van der Waals surface area contributed by atoms with Gasteiger partial charge in [0, 0.05) is 37.8 Å². The van der Waals surface area contributed by atoms with Crippen LogP contribution < -0.4 is 14.8 Å². The standard InChI is InChI=1S/C31H40FN7O5/c1-42-26-13-10-23(20-27(26)43-2)30-34-36-39(35-30)21-28(40)38(15-5-14-37-16-18-44-19-17-37)29(22-8-11-24(32)12-9-22)31(41)33-25-6-3-4-7-25/h8-13,20,25,29H,3-7,14-19,21H2,1-2H3,(H,33,41)/t29-/m1/s1. The minimum absolute atomic E-state index is 0.0526. The van der Waals surface area contributed by atoms with Crippen molar-refractivity contribution in [3.8, 4) is 22.9 Å². The number of ether oxygens (including phenoxy) is 3. The van der Waals surface area contributed by atoms with Crippen molar-refractivity contribution in [1.29, 1.82) is 0 Å².